The molecule has 1 fully saturated rings. The maximum Gasteiger partial charge on any atom is 0.321 e. The molecule has 2 heterocycles. The van der Waals surface area contributed by atoms with Gasteiger partial charge in [0.2, 0.25) is 6.79 Å². The molecule has 0 aliphatic carbocycles. The molecule has 1 aromatic carbocycles. The van der Waals surface area contributed by atoms with E-state index in [1.165, 1.54) is 0 Å². The normalized spacial score (nSPS) is 26.1. The molecule has 0 radical (unpaired) electrons. The second-order valence-corrected chi connectivity index (χ2v) is 4.28. The SMILES string of the molecule is O=C(O)C1NCCC1c1ccc2c(c1)OCO2. The van der Waals surface area contributed by atoms with Crippen molar-refractivity contribution in [2.75, 3.05) is 13.3 Å². The molecule has 2 unspecified atom stereocenters. The van der Waals surface area contributed by atoms with E-state index in [0.717, 1.165) is 24.3 Å². The maximum atomic E-state index is 11.1. The largest absolute Gasteiger partial charge is 0.480 e. The fourth-order valence-electron chi connectivity index (χ4n) is 2.47. The minimum atomic E-state index is -0.801. The average molecular weight is 235 g/mol. The molecule has 0 bridgehead atoms. The van der Waals surface area contributed by atoms with Crippen molar-refractivity contribution in [1.82, 2.24) is 5.32 Å². The average Bonchev–Trinajstić information content (AvgIpc) is 2.96. The van der Waals surface area contributed by atoms with Gasteiger partial charge in [-0.15, -0.1) is 0 Å². The van der Waals surface area contributed by atoms with Gasteiger partial charge in [-0.05, 0) is 30.7 Å². The number of hydrogen-bond acceptors (Lipinski definition) is 4. The van der Waals surface area contributed by atoms with Crippen LogP contribution in [0.15, 0.2) is 18.2 Å². The highest BCUT2D eigenvalue weighted by Gasteiger charge is 2.34. The van der Waals surface area contributed by atoms with Gasteiger partial charge in [-0.25, -0.2) is 0 Å². The third-order valence-electron chi connectivity index (χ3n) is 3.31. The Hall–Kier alpha value is -1.75. The summed E-state index contributed by atoms with van der Waals surface area (Å²) in [6.07, 6.45) is 0.830. The zero-order valence-corrected chi connectivity index (χ0v) is 9.18. The van der Waals surface area contributed by atoms with E-state index in [4.69, 9.17) is 14.6 Å². The van der Waals surface area contributed by atoms with Crippen molar-refractivity contribution in [2.45, 2.75) is 18.4 Å². The van der Waals surface area contributed by atoms with Gasteiger partial charge in [-0.1, -0.05) is 6.07 Å². The number of nitrogens with one attached hydrogen (secondary N) is 1. The summed E-state index contributed by atoms with van der Waals surface area (Å²) >= 11 is 0. The van der Waals surface area contributed by atoms with E-state index in [0.29, 0.717) is 5.75 Å². The number of rotatable bonds is 2. The summed E-state index contributed by atoms with van der Waals surface area (Å²) in [5, 5.41) is 12.1. The van der Waals surface area contributed by atoms with Crippen LogP contribution in [0.4, 0.5) is 0 Å². The van der Waals surface area contributed by atoms with Gasteiger partial charge in [0, 0.05) is 5.92 Å². The zero-order chi connectivity index (χ0) is 11.8. The van der Waals surface area contributed by atoms with E-state index >= 15 is 0 Å². The number of carbonyl (C=O) groups is 1. The standard InChI is InChI=1S/C12H13NO4/c14-12(15)11-8(3-4-13-11)7-1-2-9-10(5-7)17-6-16-9/h1-2,5,8,11,13H,3-4,6H2,(H,14,15). The van der Waals surface area contributed by atoms with Crippen LogP contribution in [0, 0.1) is 0 Å². The van der Waals surface area contributed by atoms with Crippen molar-refractivity contribution in [3.8, 4) is 11.5 Å². The quantitative estimate of drug-likeness (QED) is 0.798. The van der Waals surface area contributed by atoms with E-state index in [1.54, 1.807) is 0 Å². The molecular formula is C12H13NO4. The highest BCUT2D eigenvalue weighted by molar-refractivity contribution is 5.75. The molecule has 1 saturated heterocycles. The Morgan fingerprint density at radius 3 is 3.00 bits per heavy atom. The van der Waals surface area contributed by atoms with E-state index in [2.05, 4.69) is 5.32 Å². The molecule has 2 aliphatic rings. The number of benzene rings is 1. The number of aliphatic carboxylic acids is 1. The van der Waals surface area contributed by atoms with Gasteiger partial charge in [-0.3, -0.25) is 4.79 Å². The van der Waals surface area contributed by atoms with E-state index in [9.17, 15) is 4.79 Å². The summed E-state index contributed by atoms with van der Waals surface area (Å²) in [4.78, 5) is 11.1. The monoisotopic (exact) mass is 235 g/mol. The Morgan fingerprint density at radius 2 is 2.18 bits per heavy atom. The lowest BCUT2D eigenvalue weighted by Gasteiger charge is -2.16. The summed E-state index contributed by atoms with van der Waals surface area (Å²) in [6, 6.07) is 5.14. The molecule has 0 spiro atoms. The van der Waals surface area contributed by atoms with Crippen LogP contribution in [0.1, 0.15) is 17.9 Å². The first-order chi connectivity index (χ1) is 8.25. The van der Waals surface area contributed by atoms with Gasteiger partial charge < -0.3 is 19.9 Å². The third kappa shape index (κ3) is 1.72. The number of hydrogen-bond donors (Lipinski definition) is 2. The molecule has 2 atom stereocenters. The highest BCUT2D eigenvalue weighted by Crippen LogP contribution is 2.37. The fourth-order valence-corrected chi connectivity index (χ4v) is 2.47. The summed E-state index contributed by atoms with van der Waals surface area (Å²) in [5.74, 6) is 0.636. The predicted octanol–water partition coefficient (Wildman–Crippen LogP) is 0.945. The van der Waals surface area contributed by atoms with Crippen LogP contribution < -0.4 is 14.8 Å². The Balaban J connectivity index is 1.91. The van der Waals surface area contributed by atoms with Gasteiger partial charge >= 0.3 is 5.97 Å². The van der Waals surface area contributed by atoms with Crippen LogP contribution in [-0.2, 0) is 4.79 Å². The third-order valence-corrected chi connectivity index (χ3v) is 3.31. The van der Waals surface area contributed by atoms with Crippen molar-refractivity contribution in [3.63, 3.8) is 0 Å². The Bertz CT molecular complexity index is 460. The van der Waals surface area contributed by atoms with E-state index in [1.807, 2.05) is 18.2 Å². The maximum absolute atomic E-state index is 11.1. The van der Waals surface area contributed by atoms with Crippen LogP contribution >= 0.6 is 0 Å². The highest BCUT2D eigenvalue weighted by atomic mass is 16.7. The Kier molecular flexibility index (Phi) is 2.40. The van der Waals surface area contributed by atoms with Crippen LogP contribution in [0.2, 0.25) is 0 Å². The van der Waals surface area contributed by atoms with Crippen molar-refractivity contribution in [3.05, 3.63) is 23.8 Å². The molecule has 0 aromatic heterocycles. The van der Waals surface area contributed by atoms with Crippen molar-refractivity contribution in [1.29, 1.82) is 0 Å². The van der Waals surface area contributed by atoms with Gasteiger partial charge in [-0.2, -0.15) is 0 Å². The van der Waals surface area contributed by atoms with Crippen LogP contribution in [0.5, 0.6) is 11.5 Å². The molecule has 90 valence electrons. The summed E-state index contributed by atoms with van der Waals surface area (Å²) in [6.45, 7) is 0.972. The van der Waals surface area contributed by atoms with Crippen molar-refractivity contribution >= 4 is 5.97 Å². The van der Waals surface area contributed by atoms with Crippen molar-refractivity contribution < 1.29 is 19.4 Å². The molecule has 2 aliphatic heterocycles. The van der Waals surface area contributed by atoms with Gasteiger partial charge in [0.05, 0.1) is 0 Å². The number of carboxylic acid groups (broad SMARTS) is 1. The minimum Gasteiger partial charge on any atom is -0.480 e. The Labute approximate surface area is 98.3 Å². The zero-order valence-electron chi connectivity index (χ0n) is 9.18. The minimum absolute atomic E-state index is 0.00185. The number of ether oxygens (including phenoxy) is 2. The Morgan fingerprint density at radius 1 is 1.35 bits per heavy atom. The molecule has 17 heavy (non-hydrogen) atoms. The van der Waals surface area contributed by atoms with Gasteiger partial charge in [0.25, 0.3) is 0 Å². The van der Waals surface area contributed by atoms with Gasteiger partial charge in [0.15, 0.2) is 11.5 Å². The molecule has 2 N–H and O–H groups in total. The number of carboxylic acids is 1. The first kappa shape index (κ1) is 10.4. The fraction of sp³-hybridized carbons (Fsp3) is 0.417. The first-order valence-electron chi connectivity index (χ1n) is 5.61. The van der Waals surface area contributed by atoms with Crippen molar-refractivity contribution in [2.24, 2.45) is 0 Å². The predicted molar refractivity (Wildman–Crippen MR) is 59.3 cm³/mol. The molecular weight excluding hydrogens is 222 g/mol. The molecule has 5 heteroatoms. The first-order valence-corrected chi connectivity index (χ1v) is 5.61. The number of fused-ring (bicyclic) bond motifs is 1. The molecule has 0 amide bonds. The lowest BCUT2D eigenvalue weighted by atomic mass is 9.92. The lowest BCUT2D eigenvalue weighted by Crippen LogP contribution is -2.34. The van der Waals surface area contributed by atoms with E-state index in [-0.39, 0.29) is 12.7 Å². The van der Waals surface area contributed by atoms with Crippen LogP contribution in [0.25, 0.3) is 0 Å². The summed E-state index contributed by atoms with van der Waals surface area (Å²) in [7, 11) is 0. The van der Waals surface area contributed by atoms with E-state index < -0.39 is 12.0 Å². The summed E-state index contributed by atoms with van der Waals surface area (Å²) in [5.41, 5.74) is 0.992. The topological polar surface area (TPSA) is 67.8 Å². The van der Waals surface area contributed by atoms with Gasteiger partial charge in [0.1, 0.15) is 6.04 Å². The second kappa shape index (κ2) is 3.92. The molecule has 5 nitrogen and oxygen atoms in total. The molecule has 0 saturated carbocycles. The lowest BCUT2D eigenvalue weighted by molar-refractivity contribution is -0.139. The summed E-state index contributed by atoms with van der Waals surface area (Å²) < 4.78 is 10.5. The van der Waals surface area contributed by atoms with Crippen LogP contribution in [-0.4, -0.2) is 30.5 Å². The van der Waals surface area contributed by atoms with Crippen LogP contribution in [0.3, 0.4) is 0 Å². The second-order valence-electron chi connectivity index (χ2n) is 4.28. The smallest absolute Gasteiger partial charge is 0.321 e. The molecule has 3 rings (SSSR count). The molecule has 1 aromatic rings.